The van der Waals surface area contributed by atoms with Gasteiger partial charge >= 0.3 is 0 Å². The number of methoxy groups -OCH3 is 1. The zero-order chi connectivity index (χ0) is 19.1. The van der Waals surface area contributed by atoms with E-state index in [0.717, 1.165) is 44.1 Å². The minimum Gasteiger partial charge on any atom is -0.385 e. The lowest BCUT2D eigenvalue weighted by atomic mass is 10.3. The number of aryl methyl sites for hydroxylation is 1. The molecule has 0 radical (unpaired) electrons. The van der Waals surface area contributed by atoms with Crippen LogP contribution < -0.4 is 15.1 Å². The van der Waals surface area contributed by atoms with Crippen molar-refractivity contribution in [3.8, 4) is 0 Å². The van der Waals surface area contributed by atoms with Crippen LogP contribution in [0.3, 0.4) is 0 Å². The van der Waals surface area contributed by atoms with Gasteiger partial charge in [-0.2, -0.15) is 0 Å². The molecule has 8 nitrogen and oxygen atoms in total. The van der Waals surface area contributed by atoms with Gasteiger partial charge < -0.3 is 19.9 Å². The molecule has 0 spiro atoms. The molecule has 1 saturated heterocycles. The predicted octanol–water partition coefficient (Wildman–Crippen LogP) is 1.27. The Balaban J connectivity index is 1.62. The van der Waals surface area contributed by atoms with Gasteiger partial charge in [0, 0.05) is 58.3 Å². The van der Waals surface area contributed by atoms with Crippen molar-refractivity contribution in [1.82, 2.24) is 20.3 Å². The van der Waals surface area contributed by atoms with E-state index in [2.05, 4.69) is 30.1 Å². The molecule has 0 bridgehead atoms. The number of anilines is 2. The summed E-state index contributed by atoms with van der Waals surface area (Å²) >= 11 is 0. The fraction of sp³-hybridized carbons (Fsp3) is 0.474. The average Bonchev–Trinajstić information content (AvgIpc) is 2.71. The zero-order valence-electron chi connectivity index (χ0n) is 15.9. The number of nitrogens with zero attached hydrogens (tertiary/aromatic N) is 5. The third-order valence-electron chi connectivity index (χ3n) is 4.42. The van der Waals surface area contributed by atoms with Crippen LogP contribution in [0.2, 0.25) is 0 Å². The summed E-state index contributed by atoms with van der Waals surface area (Å²) in [4.78, 5) is 30.1. The molecule has 144 valence electrons. The first kappa shape index (κ1) is 19.0. The number of hydrogen-bond donors (Lipinski definition) is 1. The molecule has 2 aromatic heterocycles. The Bertz CT molecular complexity index is 747. The number of nitrogens with one attached hydrogen (secondary N) is 1. The highest BCUT2D eigenvalue weighted by atomic mass is 16.5. The summed E-state index contributed by atoms with van der Waals surface area (Å²) in [5.74, 6) is 1.42. The monoisotopic (exact) mass is 370 g/mol. The maximum absolute atomic E-state index is 12.4. The minimum absolute atomic E-state index is 0.176. The largest absolute Gasteiger partial charge is 0.385 e. The van der Waals surface area contributed by atoms with E-state index >= 15 is 0 Å². The number of carbonyl (C=O) groups is 1. The van der Waals surface area contributed by atoms with Crippen molar-refractivity contribution in [3.05, 3.63) is 41.9 Å². The van der Waals surface area contributed by atoms with E-state index < -0.39 is 0 Å². The normalized spacial score (nSPS) is 14.3. The molecule has 0 atom stereocenters. The number of piperazine rings is 1. The van der Waals surface area contributed by atoms with Gasteiger partial charge in [0.25, 0.3) is 5.91 Å². The second kappa shape index (κ2) is 9.27. The van der Waals surface area contributed by atoms with Gasteiger partial charge in [0.05, 0.1) is 0 Å². The maximum Gasteiger partial charge on any atom is 0.270 e. The molecule has 0 aromatic carbocycles. The van der Waals surface area contributed by atoms with Crippen LogP contribution in [-0.2, 0) is 4.74 Å². The molecule has 8 heteroatoms. The van der Waals surface area contributed by atoms with Crippen molar-refractivity contribution in [3.63, 3.8) is 0 Å². The first-order chi connectivity index (χ1) is 13.2. The van der Waals surface area contributed by atoms with E-state index in [1.54, 1.807) is 13.2 Å². The van der Waals surface area contributed by atoms with Crippen molar-refractivity contribution < 1.29 is 9.53 Å². The topological polar surface area (TPSA) is 83.5 Å². The quantitative estimate of drug-likeness (QED) is 0.735. The van der Waals surface area contributed by atoms with Gasteiger partial charge in [-0.25, -0.2) is 15.0 Å². The van der Waals surface area contributed by atoms with Crippen LogP contribution in [0, 0.1) is 6.92 Å². The Kier molecular flexibility index (Phi) is 6.54. The van der Waals surface area contributed by atoms with E-state index in [-0.39, 0.29) is 5.91 Å². The van der Waals surface area contributed by atoms with Gasteiger partial charge in [0.1, 0.15) is 11.5 Å². The van der Waals surface area contributed by atoms with Gasteiger partial charge in [-0.1, -0.05) is 6.07 Å². The molecular weight excluding hydrogens is 344 g/mol. The second-order valence-corrected chi connectivity index (χ2v) is 6.46. The van der Waals surface area contributed by atoms with Gasteiger partial charge in [-0.15, -0.1) is 0 Å². The van der Waals surface area contributed by atoms with Crippen LogP contribution in [0.5, 0.6) is 0 Å². The van der Waals surface area contributed by atoms with Crippen LogP contribution in [-0.4, -0.2) is 67.3 Å². The average molecular weight is 370 g/mol. The first-order valence-electron chi connectivity index (χ1n) is 9.21. The van der Waals surface area contributed by atoms with Gasteiger partial charge in [-0.3, -0.25) is 4.79 Å². The lowest BCUT2D eigenvalue weighted by Gasteiger charge is -2.35. The number of carbonyl (C=O) groups excluding carboxylic acids is 1. The molecule has 1 fully saturated rings. The van der Waals surface area contributed by atoms with E-state index in [1.807, 2.05) is 31.3 Å². The summed E-state index contributed by atoms with van der Waals surface area (Å²) in [6.45, 7) is 6.32. The molecular formula is C19H26N6O2. The number of rotatable bonds is 7. The molecule has 1 aliphatic heterocycles. The third-order valence-corrected chi connectivity index (χ3v) is 4.42. The fourth-order valence-electron chi connectivity index (χ4n) is 3.00. The van der Waals surface area contributed by atoms with Crippen LogP contribution in [0.1, 0.15) is 22.6 Å². The van der Waals surface area contributed by atoms with Gasteiger partial charge in [-0.05, 0) is 31.5 Å². The maximum atomic E-state index is 12.4. The fourth-order valence-corrected chi connectivity index (χ4v) is 3.00. The molecule has 27 heavy (non-hydrogen) atoms. The molecule has 1 N–H and O–H groups in total. The molecule has 2 aromatic rings. The molecule has 0 aliphatic carbocycles. The van der Waals surface area contributed by atoms with E-state index in [1.165, 1.54) is 0 Å². The molecule has 1 aliphatic rings. The molecule has 3 heterocycles. The third kappa shape index (κ3) is 5.13. The highest BCUT2D eigenvalue weighted by Crippen LogP contribution is 2.17. The van der Waals surface area contributed by atoms with Crippen LogP contribution in [0.15, 0.2) is 30.5 Å². The molecule has 0 unspecified atom stereocenters. The molecule has 0 saturated carbocycles. The zero-order valence-corrected chi connectivity index (χ0v) is 15.9. The molecule has 3 rings (SSSR count). The van der Waals surface area contributed by atoms with Gasteiger partial charge in [0.2, 0.25) is 5.95 Å². The van der Waals surface area contributed by atoms with Crippen molar-refractivity contribution in [2.75, 3.05) is 56.2 Å². The number of ether oxygens (including phenoxy) is 1. The van der Waals surface area contributed by atoms with Crippen LogP contribution in [0.25, 0.3) is 0 Å². The summed E-state index contributed by atoms with van der Waals surface area (Å²) in [6, 6.07) is 7.65. The lowest BCUT2D eigenvalue weighted by Crippen LogP contribution is -2.47. The predicted molar refractivity (Wildman–Crippen MR) is 104 cm³/mol. The Morgan fingerprint density at radius 1 is 1.19 bits per heavy atom. The standard InChI is InChI=1S/C19H26N6O2/c1-15-14-16(18(26)21-8-5-13-27-2)23-19(22-15)25-11-9-24(10-12-25)17-6-3-4-7-20-17/h3-4,6-7,14H,5,8-13H2,1-2H3,(H,21,26). The SMILES string of the molecule is COCCCNC(=O)c1cc(C)nc(N2CCN(c3ccccn3)CC2)n1. The summed E-state index contributed by atoms with van der Waals surface area (Å²) in [6.07, 6.45) is 2.58. The van der Waals surface area contributed by atoms with Crippen molar-refractivity contribution in [1.29, 1.82) is 0 Å². The number of pyridine rings is 1. The number of amides is 1. The molecule has 1 amide bonds. The Hall–Kier alpha value is -2.74. The number of hydrogen-bond acceptors (Lipinski definition) is 7. The second-order valence-electron chi connectivity index (χ2n) is 6.46. The first-order valence-corrected chi connectivity index (χ1v) is 9.21. The van der Waals surface area contributed by atoms with E-state index in [0.29, 0.717) is 24.8 Å². The summed E-state index contributed by atoms with van der Waals surface area (Å²) < 4.78 is 5.00. The van der Waals surface area contributed by atoms with Crippen molar-refractivity contribution in [2.45, 2.75) is 13.3 Å². The van der Waals surface area contributed by atoms with E-state index in [4.69, 9.17) is 4.74 Å². The summed E-state index contributed by atoms with van der Waals surface area (Å²) in [5.41, 5.74) is 1.19. The van der Waals surface area contributed by atoms with Gasteiger partial charge in [0.15, 0.2) is 0 Å². The van der Waals surface area contributed by atoms with Crippen molar-refractivity contribution >= 4 is 17.7 Å². The Morgan fingerprint density at radius 2 is 1.96 bits per heavy atom. The van der Waals surface area contributed by atoms with Crippen LogP contribution >= 0.6 is 0 Å². The Labute approximate surface area is 159 Å². The van der Waals surface area contributed by atoms with Crippen LogP contribution in [0.4, 0.5) is 11.8 Å². The minimum atomic E-state index is -0.176. The van der Waals surface area contributed by atoms with Crippen molar-refractivity contribution in [2.24, 2.45) is 0 Å². The summed E-state index contributed by atoms with van der Waals surface area (Å²) in [7, 11) is 1.65. The highest BCUT2D eigenvalue weighted by Gasteiger charge is 2.21. The highest BCUT2D eigenvalue weighted by molar-refractivity contribution is 5.92. The Morgan fingerprint density at radius 3 is 2.67 bits per heavy atom. The lowest BCUT2D eigenvalue weighted by molar-refractivity contribution is 0.0943. The van der Waals surface area contributed by atoms with E-state index in [9.17, 15) is 4.79 Å². The number of aromatic nitrogens is 3. The smallest absolute Gasteiger partial charge is 0.270 e. The summed E-state index contributed by atoms with van der Waals surface area (Å²) in [5, 5.41) is 2.88.